The molecule has 0 radical (unpaired) electrons. The van der Waals surface area contributed by atoms with E-state index >= 15 is 0 Å². The Kier molecular flexibility index (Phi) is 12.2. The molecule has 0 aromatic heterocycles. The number of nitrogens with zero attached hydrogens (tertiary/aromatic N) is 2. The van der Waals surface area contributed by atoms with Crippen molar-refractivity contribution in [2.24, 2.45) is 9.98 Å². The summed E-state index contributed by atoms with van der Waals surface area (Å²) in [6.07, 6.45) is 8.95. The lowest BCUT2D eigenvalue weighted by Gasteiger charge is -2.18. The van der Waals surface area contributed by atoms with Gasteiger partial charge in [0.2, 0.25) is 0 Å². The van der Waals surface area contributed by atoms with Crippen molar-refractivity contribution in [1.29, 1.82) is 0 Å². The van der Waals surface area contributed by atoms with Gasteiger partial charge < -0.3 is 5.32 Å². The summed E-state index contributed by atoms with van der Waals surface area (Å²) in [4.78, 5) is 9.28. The molecule has 0 aliphatic carbocycles. The van der Waals surface area contributed by atoms with E-state index in [1.54, 1.807) is 18.3 Å². The second-order valence-corrected chi connectivity index (χ2v) is 8.56. The van der Waals surface area contributed by atoms with Gasteiger partial charge in [0.05, 0.1) is 17.6 Å². The van der Waals surface area contributed by atoms with Gasteiger partial charge in [-0.25, -0.2) is 4.39 Å². The molecule has 1 aromatic rings. The molecule has 1 atom stereocenters. The smallest absolute Gasteiger partial charge is 0.123 e. The molecule has 0 fully saturated rings. The number of hydrogen-bond donors (Lipinski definition) is 1. The number of hydrogen-bond acceptors (Lipinski definition) is 2. The van der Waals surface area contributed by atoms with Crippen LogP contribution >= 0.6 is 0 Å². The van der Waals surface area contributed by atoms with E-state index in [1.807, 2.05) is 33.8 Å². The number of allylic oxidation sites excluding steroid dienone is 4. The zero-order chi connectivity index (χ0) is 24.1. The molecule has 0 bridgehead atoms. The van der Waals surface area contributed by atoms with Crippen LogP contribution in [0, 0.1) is 5.82 Å². The molecule has 0 spiro atoms. The highest BCUT2D eigenvalue weighted by atomic mass is 19.1. The van der Waals surface area contributed by atoms with Crippen LogP contribution in [0.2, 0.25) is 0 Å². The van der Waals surface area contributed by atoms with Crippen LogP contribution in [0.1, 0.15) is 79.2 Å². The fourth-order valence-electron chi connectivity index (χ4n) is 3.29. The predicted molar refractivity (Wildman–Crippen MR) is 140 cm³/mol. The van der Waals surface area contributed by atoms with Crippen LogP contribution in [-0.2, 0) is 0 Å². The first-order chi connectivity index (χ1) is 15.1. The van der Waals surface area contributed by atoms with Gasteiger partial charge in [-0.1, -0.05) is 25.5 Å². The molecule has 0 aliphatic heterocycles. The maximum absolute atomic E-state index is 13.5. The Bertz CT molecular complexity index is 882. The molecule has 1 aromatic carbocycles. The third kappa shape index (κ3) is 10.5. The Balaban J connectivity index is 3.21. The van der Waals surface area contributed by atoms with Crippen LogP contribution in [0.15, 0.2) is 76.4 Å². The van der Waals surface area contributed by atoms with Gasteiger partial charge in [0.25, 0.3) is 0 Å². The molecule has 0 saturated heterocycles. The molecule has 174 valence electrons. The van der Waals surface area contributed by atoms with Gasteiger partial charge in [-0.15, -0.1) is 6.58 Å². The van der Waals surface area contributed by atoms with Crippen molar-refractivity contribution < 1.29 is 4.39 Å². The Labute approximate surface area is 194 Å². The molecule has 0 heterocycles. The third-order valence-corrected chi connectivity index (χ3v) is 5.04. The minimum absolute atomic E-state index is 0.261. The lowest BCUT2D eigenvalue weighted by Crippen LogP contribution is -2.23. The highest BCUT2D eigenvalue weighted by Crippen LogP contribution is 2.22. The number of nitrogens with one attached hydrogen (secondary N) is 1. The van der Waals surface area contributed by atoms with Crippen molar-refractivity contribution in [2.75, 3.05) is 0 Å². The van der Waals surface area contributed by atoms with E-state index in [4.69, 9.17) is 4.99 Å². The third-order valence-electron chi connectivity index (χ3n) is 5.04. The minimum Gasteiger partial charge on any atom is -0.344 e. The summed E-state index contributed by atoms with van der Waals surface area (Å²) in [5.74, 6) is 0.583. The molecule has 32 heavy (non-hydrogen) atoms. The van der Waals surface area contributed by atoms with Gasteiger partial charge >= 0.3 is 0 Å². The zero-order valence-corrected chi connectivity index (χ0v) is 20.8. The molecule has 3 nitrogen and oxygen atoms in total. The Morgan fingerprint density at radius 2 is 1.72 bits per heavy atom. The minimum atomic E-state index is -0.261. The van der Waals surface area contributed by atoms with Gasteiger partial charge in [-0.3, -0.25) is 9.98 Å². The maximum atomic E-state index is 13.5. The number of amidine groups is 1. The number of benzene rings is 1. The molecule has 0 aliphatic rings. The van der Waals surface area contributed by atoms with E-state index in [0.717, 1.165) is 66.1 Å². The Morgan fingerprint density at radius 1 is 1.06 bits per heavy atom. The second kappa shape index (κ2) is 14.3. The Hall–Kier alpha value is -2.75. The quantitative estimate of drug-likeness (QED) is 0.153. The molecular formula is C28H40FN3. The normalized spacial score (nSPS) is 13.5. The predicted octanol–water partition coefficient (Wildman–Crippen LogP) is 8.03. The van der Waals surface area contributed by atoms with Crippen molar-refractivity contribution in [3.63, 3.8) is 0 Å². The monoisotopic (exact) mass is 437 g/mol. The van der Waals surface area contributed by atoms with Gasteiger partial charge in [0, 0.05) is 11.9 Å². The van der Waals surface area contributed by atoms with Crippen molar-refractivity contribution in [2.45, 2.75) is 79.7 Å². The average molecular weight is 438 g/mol. The molecule has 1 unspecified atom stereocenters. The first-order valence-electron chi connectivity index (χ1n) is 11.4. The van der Waals surface area contributed by atoms with E-state index in [0.29, 0.717) is 0 Å². The van der Waals surface area contributed by atoms with E-state index in [1.165, 1.54) is 17.7 Å². The topological polar surface area (TPSA) is 36.8 Å². The van der Waals surface area contributed by atoms with Gasteiger partial charge in [-0.05, 0) is 107 Å². The summed E-state index contributed by atoms with van der Waals surface area (Å²) < 4.78 is 13.5. The fourth-order valence-corrected chi connectivity index (χ4v) is 3.29. The van der Waals surface area contributed by atoms with Crippen molar-refractivity contribution in [1.82, 2.24) is 5.32 Å². The summed E-state index contributed by atoms with van der Waals surface area (Å²) in [5, 5.41) is 3.48. The van der Waals surface area contributed by atoms with Crippen molar-refractivity contribution in [3.8, 4) is 0 Å². The first-order valence-corrected chi connectivity index (χ1v) is 11.4. The van der Waals surface area contributed by atoms with Crippen LogP contribution in [0.3, 0.4) is 0 Å². The van der Waals surface area contributed by atoms with E-state index < -0.39 is 0 Å². The summed E-state index contributed by atoms with van der Waals surface area (Å²) in [6.45, 7) is 20.3. The van der Waals surface area contributed by atoms with Crippen LogP contribution in [0.5, 0.6) is 0 Å². The van der Waals surface area contributed by atoms with Crippen LogP contribution in [0.25, 0.3) is 5.70 Å². The van der Waals surface area contributed by atoms with Crippen LogP contribution < -0.4 is 5.32 Å². The lowest BCUT2D eigenvalue weighted by molar-refractivity contribution is 0.540. The molecule has 0 amide bonds. The second-order valence-electron chi connectivity index (χ2n) is 8.56. The summed E-state index contributed by atoms with van der Waals surface area (Å²) in [6, 6.07) is 6.76. The van der Waals surface area contributed by atoms with E-state index in [2.05, 4.69) is 37.3 Å². The Morgan fingerprint density at radius 3 is 2.28 bits per heavy atom. The van der Waals surface area contributed by atoms with Crippen LogP contribution in [-0.4, -0.2) is 17.6 Å². The lowest BCUT2D eigenvalue weighted by atomic mass is 10.0. The summed E-state index contributed by atoms with van der Waals surface area (Å²) in [5.41, 5.74) is 5.74. The van der Waals surface area contributed by atoms with E-state index in [-0.39, 0.29) is 11.9 Å². The highest BCUT2D eigenvalue weighted by Gasteiger charge is 2.11. The zero-order valence-electron chi connectivity index (χ0n) is 20.8. The number of rotatable bonds is 12. The highest BCUT2D eigenvalue weighted by molar-refractivity contribution is 5.91. The molecule has 1 rings (SSSR count). The first kappa shape index (κ1) is 27.3. The van der Waals surface area contributed by atoms with Gasteiger partial charge in [-0.2, -0.15) is 0 Å². The molecule has 1 N–H and O–H groups in total. The maximum Gasteiger partial charge on any atom is 0.123 e. The van der Waals surface area contributed by atoms with Gasteiger partial charge in [0.15, 0.2) is 0 Å². The molecular weight excluding hydrogens is 397 g/mol. The molecule has 0 saturated carbocycles. The summed E-state index contributed by atoms with van der Waals surface area (Å²) >= 11 is 0. The van der Waals surface area contributed by atoms with Crippen LogP contribution in [0.4, 0.5) is 4.39 Å². The van der Waals surface area contributed by atoms with E-state index in [9.17, 15) is 4.39 Å². The SMILES string of the molecule is C=C(C)CCCC(CCC)N=C(C)N/C(=C(\C)C(=C)/C=C\N=C(C)C)c1ccc(F)cc1. The van der Waals surface area contributed by atoms with Gasteiger partial charge in [0.1, 0.15) is 5.82 Å². The standard InChI is InChI=1S/C28H40FN3/c1-9-11-27(13-10-12-20(2)3)31-24(8)32-28(25-14-16-26(29)17-15-25)23(7)22(6)18-19-30-21(4)5/h14-19,27H,2,6,9-13H2,1,3-5,7-8H3,(H,31,32)/b19-18-,28-23+. The van der Waals surface area contributed by atoms with Crippen molar-refractivity contribution in [3.05, 3.63) is 77.8 Å². The van der Waals surface area contributed by atoms with Crippen molar-refractivity contribution >= 4 is 17.2 Å². The molecule has 4 heteroatoms. The number of halogens is 1. The fraction of sp³-hybridized carbons (Fsp3) is 0.429. The average Bonchev–Trinajstić information content (AvgIpc) is 2.71. The summed E-state index contributed by atoms with van der Waals surface area (Å²) in [7, 11) is 0. The number of aliphatic imine (C=N–C) groups is 2. The largest absolute Gasteiger partial charge is 0.344 e.